The molecule has 1 N–H and O–H groups in total. The molecule has 0 bridgehead atoms. The van der Waals surface area contributed by atoms with Gasteiger partial charge in [0.25, 0.3) is 0 Å². The number of methoxy groups -OCH3 is 1. The van der Waals surface area contributed by atoms with Crippen molar-refractivity contribution in [2.24, 2.45) is 0 Å². The fourth-order valence-electron chi connectivity index (χ4n) is 3.46. The Kier molecular flexibility index (Phi) is 7.48. The van der Waals surface area contributed by atoms with Crippen LogP contribution in [0.1, 0.15) is 45.1 Å². The number of rotatable bonds is 10. The molecule has 5 heteroatoms. The first-order valence-electron chi connectivity index (χ1n) is 10.3. The molecule has 0 spiro atoms. The Bertz CT molecular complexity index is 986. The summed E-state index contributed by atoms with van der Waals surface area (Å²) in [6.07, 6.45) is 4.58. The number of nitrogens with one attached hydrogen (secondary N) is 1. The minimum Gasteiger partial charge on any atom is -0.497 e. The average molecular weight is 408 g/mol. The van der Waals surface area contributed by atoms with Gasteiger partial charge in [0.15, 0.2) is 0 Å². The monoisotopic (exact) mass is 407 g/mol. The van der Waals surface area contributed by atoms with Crippen LogP contribution in [0.2, 0.25) is 0 Å². The predicted octanol–water partition coefficient (Wildman–Crippen LogP) is 6.85. The Morgan fingerprint density at radius 1 is 1.07 bits per heavy atom. The Balaban J connectivity index is 2.02. The maximum atomic E-state index is 9.95. The third kappa shape index (κ3) is 4.71. The lowest BCUT2D eigenvalue weighted by Crippen LogP contribution is -2.01. The zero-order valence-electron chi connectivity index (χ0n) is 17.5. The quantitative estimate of drug-likeness (QED) is 0.295. The van der Waals surface area contributed by atoms with E-state index in [2.05, 4.69) is 53.5 Å². The van der Waals surface area contributed by atoms with Crippen molar-refractivity contribution < 1.29 is 4.74 Å². The van der Waals surface area contributed by atoms with E-state index < -0.39 is 0 Å². The van der Waals surface area contributed by atoms with E-state index in [-0.39, 0.29) is 0 Å². The number of aryl methyl sites for hydroxylation is 1. The number of hydrogen-bond donors (Lipinski definition) is 1. The highest BCUT2D eigenvalue weighted by Gasteiger charge is 2.19. The van der Waals surface area contributed by atoms with Crippen LogP contribution in [0.5, 0.6) is 5.75 Å². The van der Waals surface area contributed by atoms with Crippen LogP contribution in [0, 0.1) is 11.3 Å². The number of ether oxygens (including phenoxy) is 1. The van der Waals surface area contributed by atoms with Gasteiger partial charge >= 0.3 is 0 Å². The van der Waals surface area contributed by atoms with Gasteiger partial charge in [-0.15, -0.1) is 0 Å². The number of fused-ring (bicyclic) bond motifs is 1. The second-order valence-electron chi connectivity index (χ2n) is 7.11. The first-order chi connectivity index (χ1) is 14.2. The van der Waals surface area contributed by atoms with Crippen molar-refractivity contribution in [3.63, 3.8) is 0 Å². The van der Waals surface area contributed by atoms with E-state index in [1.807, 2.05) is 18.2 Å². The summed E-state index contributed by atoms with van der Waals surface area (Å²) in [5, 5.41) is 10.9. The molecule has 0 saturated heterocycles. The molecule has 0 aliphatic rings. The van der Waals surface area contributed by atoms with Crippen LogP contribution in [-0.4, -0.2) is 17.4 Å². The molecule has 1 heterocycles. The summed E-state index contributed by atoms with van der Waals surface area (Å²) in [5.74, 6) is 1.91. The standard InChI is InChI=1S/C24H29N3OS/c1-4-6-14-27-23-16-20(28-3)12-13-21(23)22(17-25)24(27)18-8-10-19(11-9-18)26-29-15-7-5-2/h8-13,16,26H,4-7,14-15H2,1-3H3. The molecule has 2 aromatic carbocycles. The molecule has 0 unspecified atom stereocenters. The molecule has 1 aromatic heterocycles. The summed E-state index contributed by atoms with van der Waals surface area (Å²) in [6, 6.07) is 16.8. The van der Waals surface area contributed by atoms with Crippen molar-refractivity contribution in [2.45, 2.75) is 46.1 Å². The topological polar surface area (TPSA) is 50.0 Å². The normalized spacial score (nSPS) is 10.8. The third-order valence-corrected chi connectivity index (χ3v) is 5.94. The van der Waals surface area contributed by atoms with Crippen molar-refractivity contribution in [3.8, 4) is 23.1 Å². The van der Waals surface area contributed by atoms with Gasteiger partial charge in [0.2, 0.25) is 0 Å². The van der Waals surface area contributed by atoms with Gasteiger partial charge < -0.3 is 14.0 Å². The molecule has 0 atom stereocenters. The Morgan fingerprint density at radius 3 is 2.48 bits per heavy atom. The highest BCUT2D eigenvalue weighted by atomic mass is 32.2. The van der Waals surface area contributed by atoms with Crippen LogP contribution >= 0.6 is 11.9 Å². The number of unbranched alkanes of at least 4 members (excludes halogenated alkanes) is 2. The molecule has 0 aliphatic carbocycles. The largest absolute Gasteiger partial charge is 0.497 e. The summed E-state index contributed by atoms with van der Waals surface area (Å²) < 4.78 is 11.1. The second kappa shape index (κ2) is 10.3. The number of anilines is 1. The van der Waals surface area contributed by atoms with E-state index in [1.165, 1.54) is 12.8 Å². The van der Waals surface area contributed by atoms with Gasteiger partial charge in [0, 0.05) is 29.4 Å². The van der Waals surface area contributed by atoms with Crippen LogP contribution in [0.4, 0.5) is 5.69 Å². The van der Waals surface area contributed by atoms with Gasteiger partial charge in [-0.1, -0.05) is 50.8 Å². The molecule has 3 rings (SSSR count). The van der Waals surface area contributed by atoms with Gasteiger partial charge in [0.1, 0.15) is 11.8 Å². The lowest BCUT2D eigenvalue weighted by atomic mass is 10.1. The molecule has 4 nitrogen and oxygen atoms in total. The highest BCUT2D eigenvalue weighted by Crippen LogP contribution is 2.36. The molecule has 152 valence electrons. The van der Waals surface area contributed by atoms with E-state index in [0.29, 0.717) is 0 Å². The van der Waals surface area contributed by atoms with E-state index in [1.54, 1.807) is 19.1 Å². The summed E-state index contributed by atoms with van der Waals surface area (Å²) in [4.78, 5) is 0. The number of hydrogen-bond acceptors (Lipinski definition) is 4. The molecule has 0 radical (unpaired) electrons. The van der Waals surface area contributed by atoms with E-state index in [9.17, 15) is 5.26 Å². The van der Waals surface area contributed by atoms with Crippen molar-refractivity contribution in [2.75, 3.05) is 17.6 Å². The minimum absolute atomic E-state index is 0.733. The predicted molar refractivity (Wildman–Crippen MR) is 125 cm³/mol. The van der Waals surface area contributed by atoms with Crippen LogP contribution in [-0.2, 0) is 6.54 Å². The smallest absolute Gasteiger partial charge is 0.120 e. The summed E-state index contributed by atoms with van der Waals surface area (Å²) in [7, 11) is 1.68. The molecular formula is C24H29N3OS. The second-order valence-corrected chi connectivity index (χ2v) is 8.01. The average Bonchev–Trinajstić information content (AvgIpc) is 3.08. The zero-order valence-corrected chi connectivity index (χ0v) is 18.3. The van der Waals surface area contributed by atoms with Crippen molar-refractivity contribution in [3.05, 3.63) is 48.0 Å². The maximum Gasteiger partial charge on any atom is 0.120 e. The SMILES string of the molecule is CCCCSNc1ccc(-c2c(C#N)c3ccc(OC)cc3n2CCCC)cc1. The molecule has 29 heavy (non-hydrogen) atoms. The molecular weight excluding hydrogens is 378 g/mol. The lowest BCUT2D eigenvalue weighted by molar-refractivity contribution is 0.415. The van der Waals surface area contributed by atoms with Gasteiger partial charge in [-0.05, 0) is 42.7 Å². The Hall–Kier alpha value is -2.58. The summed E-state index contributed by atoms with van der Waals surface area (Å²) in [5.41, 5.74) is 4.94. The van der Waals surface area contributed by atoms with Gasteiger partial charge in [0.05, 0.1) is 23.9 Å². The van der Waals surface area contributed by atoms with Crippen molar-refractivity contribution in [1.29, 1.82) is 5.26 Å². The number of aromatic nitrogens is 1. The molecule has 0 amide bonds. The van der Waals surface area contributed by atoms with Crippen molar-refractivity contribution >= 4 is 28.5 Å². The fraction of sp³-hybridized carbons (Fsp3) is 0.375. The minimum atomic E-state index is 0.733. The van der Waals surface area contributed by atoms with Crippen LogP contribution in [0.15, 0.2) is 42.5 Å². The van der Waals surface area contributed by atoms with Crippen LogP contribution in [0.25, 0.3) is 22.2 Å². The Labute approximate surface area is 178 Å². The van der Waals surface area contributed by atoms with E-state index in [0.717, 1.165) is 64.3 Å². The third-order valence-electron chi connectivity index (χ3n) is 5.07. The van der Waals surface area contributed by atoms with Gasteiger partial charge in [-0.3, -0.25) is 0 Å². The molecule has 0 saturated carbocycles. The van der Waals surface area contributed by atoms with Crippen LogP contribution in [0.3, 0.4) is 0 Å². The van der Waals surface area contributed by atoms with Crippen LogP contribution < -0.4 is 9.46 Å². The number of benzene rings is 2. The fourth-order valence-corrected chi connectivity index (χ4v) is 4.30. The summed E-state index contributed by atoms with van der Waals surface area (Å²) in [6.45, 7) is 5.27. The molecule has 3 aromatic rings. The first-order valence-corrected chi connectivity index (χ1v) is 11.3. The summed E-state index contributed by atoms with van der Waals surface area (Å²) >= 11 is 1.74. The lowest BCUT2D eigenvalue weighted by Gasteiger charge is -2.12. The highest BCUT2D eigenvalue weighted by molar-refractivity contribution is 8.00. The molecule has 0 fully saturated rings. The Morgan fingerprint density at radius 2 is 1.83 bits per heavy atom. The first kappa shape index (κ1) is 21.1. The molecule has 0 aliphatic heterocycles. The maximum absolute atomic E-state index is 9.95. The number of nitrogens with zero attached hydrogens (tertiary/aromatic N) is 2. The number of nitriles is 1. The van der Waals surface area contributed by atoms with E-state index >= 15 is 0 Å². The van der Waals surface area contributed by atoms with E-state index in [4.69, 9.17) is 4.74 Å². The van der Waals surface area contributed by atoms with Gasteiger partial charge in [-0.2, -0.15) is 5.26 Å². The zero-order chi connectivity index (χ0) is 20.6. The van der Waals surface area contributed by atoms with Gasteiger partial charge in [-0.25, -0.2) is 0 Å². The van der Waals surface area contributed by atoms with Crippen molar-refractivity contribution in [1.82, 2.24) is 4.57 Å².